The van der Waals surface area contributed by atoms with E-state index in [1.54, 1.807) is 24.3 Å². The zero-order valence-corrected chi connectivity index (χ0v) is 16.7. The molecule has 5 rings (SSSR count). The maximum atomic E-state index is 13.8. The number of allylic oxidation sites excluding steroid dienone is 2. The largest absolute Gasteiger partial charge is 0.379 e. The summed E-state index contributed by atoms with van der Waals surface area (Å²) in [7, 11) is -3.50. The highest BCUT2D eigenvalue weighted by Crippen LogP contribution is 2.49. The predicted octanol–water partition coefficient (Wildman–Crippen LogP) is 3.67. The zero-order valence-electron chi connectivity index (χ0n) is 15.9. The second kappa shape index (κ2) is 7.23. The van der Waals surface area contributed by atoms with Gasteiger partial charge in [0.15, 0.2) is 0 Å². The van der Waals surface area contributed by atoms with Crippen molar-refractivity contribution >= 4 is 15.7 Å². The molecule has 3 aliphatic rings. The highest BCUT2D eigenvalue weighted by atomic mass is 32.2. The van der Waals surface area contributed by atoms with Gasteiger partial charge in [-0.15, -0.1) is 0 Å². The minimum Gasteiger partial charge on any atom is -0.379 e. The molecule has 2 aliphatic heterocycles. The third-order valence-corrected chi connectivity index (χ3v) is 8.08. The average molecular weight is 415 g/mol. The lowest BCUT2D eigenvalue weighted by Crippen LogP contribution is -2.40. The lowest BCUT2D eigenvalue weighted by molar-refractivity contribution is 0.0730. The lowest BCUT2D eigenvalue weighted by Gasteiger charge is -2.37. The Morgan fingerprint density at radius 1 is 1.07 bits per heavy atom. The van der Waals surface area contributed by atoms with Crippen molar-refractivity contribution < 1.29 is 17.5 Å². The number of halogens is 1. The number of anilines is 1. The van der Waals surface area contributed by atoms with Crippen LogP contribution in [0.2, 0.25) is 0 Å². The van der Waals surface area contributed by atoms with Gasteiger partial charge in [0.1, 0.15) is 5.82 Å². The van der Waals surface area contributed by atoms with Gasteiger partial charge in [0.25, 0.3) is 0 Å². The molecule has 7 heteroatoms. The van der Waals surface area contributed by atoms with Gasteiger partial charge in [0.05, 0.1) is 24.2 Å². The first-order valence-corrected chi connectivity index (χ1v) is 11.4. The van der Waals surface area contributed by atoms with Gasteiger partial charge in [-0.1, -0.05) is 24.3 Å². The fraction of sp³-hybridized carbons (Fsp3) is 0.364. The molecule has 0 bridgehead atoms. The van der Waals surface area contributed by atoms with Gasteiger partial charge >= 0.3 is 0 Å². The molecule has 0 unspecified atom stereocenters. The first kappa shape index (κ1) is 18.8. The molecule has 2 aromatic carbocycles. The molecule has 0 amide bonds. The van der Waals surface area contributed by atoms with Crippen LogP contribution in [-0.4, -0.2) is 39.0 Å². The van der Waals surface area contributed by atoms with E-state index in [1.807, 2.05) is 12.1 Å². The SMILES string of the molecule is O=S(=O)(c1ccc([C@H]2Nc3ccc(F)cc3[C@H]3C=CC[C@H]32)cc1)N1CCOCC1. The molecule has 2 heterocycles. The normalized spacial score (nSPS) is 26.6. The van der Waals surface area contributed by atoms with Gasteiger partial charge in [-0.05, 0) is 53.8 Å². The molecule has 3 atom stereocenters. The van der Waals surface area contributed by atoms with E-state index in [-0.39, 0.29) is 23.7 Å². The summed E-state index contributed by atoms with van der Waals surface area (Å²) in [6, 6.07) is 12.1. The number of sulfonamides is 1. The second-order valence-corrected chi connectivity index (χ2v) is 9.73. The van der Waals surface area contributed by atoms with Crippen LogP contribution in [0.25, 0.3) is 0 Å². The summed E-state index contributed by atoms with van der Waals surface area (Å²) in [6.07, 6.45) is 5.22. The summed E-state index contributed by atoms with van der Waals surface area (Å²) in [5.74, 6) is 0.232. The Morgan fingerprint density at radius 2 is 1.83 bits per heavy atom. The summed E-state index contributed by atoms with van der Waals surface area (Å²) in [5.41, 5.74) is 2.97. The number of hydrogen-bond acceptors (Lipinski definition) is 4. The van der Waals surface area contributed by atoms with Crippen LogP contribution in [0.4, 0.5) is 10.1 Å². The summed E-state index contributed by atoms with van der Waals surface area (Å²) in [5, 5.41) is 3.55. The lowest BCUT2D eigenvalue weighted by atomic mass is 9.77. The Balaban J connectivity index is 1.44. The average Bonchev–Trinajstić information content (AvgIpc) is 3.24. The first-order valence-electron chi connectivity index (χ1n) is 9.94. The number of fused-ring (bicyclic) bond motifs is 3. The van der Waals surface area contributed by atoms with Crippen LogP contribution in [0.5, 0.6) is 0 Å². The van der Waals surface area contributed by atoms with Gasteiger partial charge in [-0.25, -0.2) is 12.8 Å². The first-order chi connectivity index (χ1) is 14.0. The highest BCUT2D eigenvalue weighted by molar-refractivity contribution is 7.89. The topological polar surface area (TPSA) is 58.6 Å². The number of hydrogen-bond donors (Lipinski definition) is 1. The zero-order chi connectivity index (χ0) is 20.0. The van der Waals surface area contributed by atoms with Crippen molar-refractivity contribution in [2.75, 3.05) is 31.6 Å². The summed E-state index contributed by atoms with van der Waals surface area (Å²) in [4.78, 5) is 0.308. The van der Waals surface area contributed by atoms with Crippen molar-refractivity contribution in [2.24, 2.45) is 5.92 Å². The Bertz CT molecular complexity index is 1050. The Morgan fingerprint density at radius 3 is 2.59 bits per heavy atom. The molecule has 29 heavy (non-hydrogen) atoms. The van der Waals surface area contributed by atoms with Crippen LogP contribution in [0.15, 0.2) is 59.5 Å². The molecule has 1 aliphatic carbocycles. The van der Waals surface area contributed by atoms with E-state index >= 15 is 0 Å². The minimum atomic E-state index is -3.50. The number of rotatable bonds is 3. The highest BCUT2D eigenvalue weighted by Gasteiger charge is 2.38. The van der Waals surface area contributed by atoms with E-state index in [4.69, 9.17) is 4.74 Å². The van der Waals surface area contributed by atoms with Gasteiger partial charge in [-0.2, -0.15) is 4.31 Å². The number of benzene rings is 2. The maximum absolute atomic E-state index is 13.8. The quantitative estimate of drug-likeness (QED) is 0.779. The third kappa shape index (κ3) is 3.27. The fourth-order valence-corrected chi connectivity index (χ4v) is 6.09. The summed E-state index contributed by atoms with van der Waals surface area (Å²) >= 11 is 0. The van der Waals surface area contributed by atoms with Crippen LogP contribution in [-0.2, 0) is 14.8 Å². The molecule has 1 N–H and O–H groups in total. The van der Waals surface area contributed by atoms with Gasteiger partial charge in [0.2, 0.25) is 10.0 Å². The van der Waals surface area contributed by atoms with Crippen molar-refractivity contribution in [3.63, 3.8) is 0 Å². The maximum Gasteiger partial charge on any atom is 0.243 e. The number of nitrogens with zero attached hydrogens (tertiary/aromatic N) is 1. The molecule has 5 nitrogen and oxygen atoms in total. The Labute approximate surface area is 170 Å². The molecule has 1 saturated heterocycles. The molecule has 0 radical (unpaired) electrons. The number of nitrogens with one attached hydrogen (secondary N) is 1. The van der Waals surface area contributed by atoms with E-state index in [0.29, 0.717) is 31.2 Å². The molecule has 152 valence electrons. The smallest absolute Gasteiger partial charge is 0.243 e. The van der Waals surface area contributed by atoms with Crippen molar-refractivity contribution in [2.45, 2.75) is 23.3 Å². The Hall–Kier alpha value is -2.22. The molecule has 0 spiro atoms. The standard InChI is InChI=1S/C22H23FN2O3S/c23-16-6-9-21-20(14-16)18-2-1-3-19(18)22(24-21)15-4-7-17(8-5-15)29(26,27)25-10-12-28-13-11-25/h1-2,4-9,14,18-19,22,24H,3,10-13H2/t18-,19+,22+/m0/s1. The van der Waals surface area contributed by atoms with E-state index < -0.39 is 10.0 Å². The van der Waals surface area contributed by atoms with Gasteiger partial charge in [0, 0.05) is 24.7 Å². The summed E-state index contributed by atoms with van der Waals surface area (Å²) < 4.78 is 46.2. The third-order valence-electron chi connectivity index (χ3n) is 6.17. The Kier molecular flexibility index (Phi) is 4.69. The molecular weight excluding hydrogens is 391 g/mol. The van der Waals surface area contributed by atoms with Crippen molar-refractivity contribution in [3.05, 3.63) is 71.6 Å². The van der Waals surface area contributed by atoms with Crippen LogP contribution in [0.1, 0.15) is 29.5 Å². The van der Waals surface area contributed by atoms with Crippen LogP contribution in [0, 0.1) is 11.7 Å². The molecule has 0 saturated carbocycles. The molecular formula is C22H23FN2O3S. The monoisotopic (exact) mass is 414 g/mol. The van der Waals surface area contributed by atoms with Gasteiger partial charge in [-0.3, -0.25) is 0 Å². The minimum absolute atomic E-state index is 0.0492. The van der Waals surface area contributed by atoms with E-state index in [2.05, 4.69) is 17.5 Å². The summed E-state index contributed by atoms with van der Waals surface area (Å²) in [6.45, 7) is 1.63. The van der Waals surface area contributed by atoms with Crippen LogP contribution in [0.3, 0.4) is 0 Å². The van der Waals surface area contributed by atoms with Gasteiger partial charge < -0.3 is 10.1 Å². The van der Waals surface area contributed by atoms with E-state index in [0.717, 1.165) is 23.2 Å². The molecule has 1 fully saturated rings. The predicted molar refractivity (Wildman–Crippen MR) is 109 cm³/mol. The van der Waals surface area contributed by atoms with Crippen molar-refractivity contribution in [1.82, 2.24) is 4.31 Å². The van der Waals surface area contributed by atoms with Crippen molar-refractivity contribution in [1.29, 1.82) is 0 Å². The van der Waals surface area contributed by atoms with Crippen LogP contribution >= 0.6 is 0 Å². The van der Waals surface area contributed by atoms with E-state index in [9.17, 15) is 12.8 Å². The van der Waals surface area contributed by atoms with Crippen LogP contribution < -0.4 is 5.32 Å². The molecule has 2 aromatic rings. The second-order valence-electron chi connectivity index (χ2n) is 7.79. The van der Waals surface area contributed by atoms with Crippen molar-refractivity contribution in [3.8, 4) is 0 Å². The molecule has 0 aromatic heterocycles. The fourth-order valence-electron chi connectivity index (χ4n) is 4.68. The number of ether oxygens (including phenoxy) is 1. The number of morpholine rings is 1. The van der Waals surface area contributed by atoms with E-state index in [1.165, 1.54) is 10.4 Å².